The minimum atomic E-state index is 0.552. The fourth-order valence-electron chi connectivity index (χ4n) is 2.33. The van der Waals surface area contributed by atoms with Crippen molar-refractivity contribution >= 4 is 0 Å². The minimum absolute atomic E-state index is 0.552. The molecule has 1 aromatic carbocycles. The zero-order valence-corrected chi connectivity index (χ0v) is 13.6. The van der Waals surface area contributed by atoms with E-state index in [1.807, 2.05) is 6.20 Å². The van der Waals surface area contributed by atoms with Gasteiger partial charge in [-0.25, -0.2) is 4.98 Å². The lowest BCUT2D eigenvalue weighted by Crippen LogP contribution is -2.24. The van der Waals surface area contributed by atoms with Crippen LogP contribution >= 0.6 is 0 Å². The SMILES string of the molecule is CC(C)NCCCc1ncc(-c2ccc(C(C)C)cc2)[nH]1. The number of aromatic amines is 1. The Morgan fingerprint density at radius 1 is 1.10 bits per heavy atom. The van der Waals surface area contributed by atoms with Crippen molar-refractivity contribution in [1.82, 2.24) is 15.3 Å². The molecule has 0 spiro atoms. The molecule has 2 aromatic rings. The summed E-state index contributed by atoms with van der Waals surface area (Å²) in [6.45, 7) is 9.82. The molecule has 0 saturated heterocycles. The number of aryl methyl sites for hydroxylation is 1. The Morgan fingerprint density at radius 3 is 2.43 bits per heavy atom. The second-order valence-corrected chi connectivity index (χ2v) is 6.23. The molecule has 1 heterocycles. The molecule has 2 rings (SSSR count). The van der Waals surface area contributed by atoms with Crippen LogP contribution in [0.2, 0.25) is 0 Å². The van der Waals surface area contributed by atoms with Crippen LogP contribution in [0.15, 0.2) is 30.5 Å². The van der Waals surface area contributed by atoms with Gasteiger partial charge in [-0.3, -0.25) is 0 Å². The lowest BCUT2D eigenvalue weighted by molar-refractivity contribution is 0.567. The first kappa shape index (κ1) is 15.8. The van der Waals surface area contributed by atoms with Crippen LogP contribution < -0.4 is 5.32 Å². The number of nitrogens with one attached hydrogen (secondary N) is 2. The van der Waals surface area contributed by atoms with Crippen LogP contribution in [0, 0.1) is 0 Å². The summed E-state index contributed by atoms with van der Waals surface area (Å²) in [4.78, 5) is 7.91. The van der Waals surface area contributed by atoms with Crippen LogP contribution in [-0.2, 0) is 6.42 Å². The molecule has 0 bridgehead atoms. The van der Waals surface area contributed by atoms with Gasteiger partial charge in [0.15, 0.2) is 0 Å². The maximum atomic E-state index is 4.48. The highest BCUT2D eigenvalue weighted by atomic mass is 14.9. The van der Waals surface area contributed by atoms with Crippen molar-refractivity contribution in [3.8, 4) is 11.3 Å². The van der Waals surface area contributed by atoms with Crippen LogP contribution in [0.3, 0.4) is 0 Å². The average Bonchev–Trinajstić information content (AvgIpc) is 2.92. The lowest BCUT2D eigenvalue weighted by Gasteiger charge is -2.06. The van der Waals surface area contributed by atoms with Crippen molar-refractivity contribution < 1.29 is 0 Å². The third-order valence-corrected chi connectivity index (χ3v) is 3.66. The molecule has 21 heavy (non-hydrogen) atoms. The molecule has 1 aromatic heterocycles. The number of nitrogens with zero attached hydrogens (tertiary/aromatic N) is 1. The Bertz CT molecular complexity index is 538. The van der Waals surface area contributed by atoms with Crippen molar-refractivity contribution in [2.45, 2.75) is 52.5 Å². The summed E-state index contributed by atoms with van der Waals surface area (Å²) in [5.41, 5.74) is 3.69. The number of H-pyrrole nitrogens is 1. The zero-order chi connectivity index (χ0) is 15.2. The monoisotopic (exact) mass is 285 g/mol. The Kier molecular flexibility index (Phi) is 5.57. The van der Waals surface area contributed by atoms with Crippen LogP contribution in [0.25, 0.3) is 11.3 Å². The Hall–Kier alpha value is -1.61. The molecule has 0 saturated carbocycles. The van der Waals surface area contributed by atoms with E-state index in [0.29, 0.717) is 12.0 Å². The van der Waals surface area contributed by atoms with Crippen LogP contribution in [-0.4, -0.2) is 22.6 Å². The highest BCUT2D eigenvalue weighted by Crippen LogP contribution is 2.21. The van der Waals surface area contributed by atoms with Crippen molar-refractivity contribution in [2.75, 3.05) is 6.54 Å². The topological polar surface area (TPSA) is 40.7 Å². The van der Waals surface area contributed by atoms with E-state index in [9.17, 15) is 0 Å². The summed E-state index contributed by atoms with van der Waals surface area (Å²) >= 11 is 0. The number of hydrogen-bond donors (Lipinski definition) is 2. The highest BCUT2D eigenvalue weighted by Gasteiger charge is 2.05. The van der Waals surface area contributed by atoms with Gasteiger partial charge in [-0.15, -0.1) is 0 Å². The number of aromatic nitrogens is 2. The van der Waals surface area contributed by atoms with Gasteiger partial charge in [-0.1, -0.05) is 52.0 Å². The van der Waals surface area contributed by atoms with Gasteiger partial charge in [0.2, 0.25) is 0 Å². The van der Waals surface area contributed by atoms with Gasteiger partial charge in [-0.05, 0) is 30.0 Å². The van der Waals surface area contributed by atoms with Crippen LogP contribution in [0.1, 0.15) is 51.4 Å². The third-order valence-electron chi connectivity index (χ3n) is 3.66. The maximum Gasteiger partial charge on any atom is 0.106 e. The minimum Gasteiger partial charge on any atom is -0.342 e. The van der Waals surface area contributed by atoms with Gasteiger partial charge in [-0.2, -0.15) is 0 Å². The Balaban J connectivity index is 1.93. The average molecular weight is 285 g/mol. The molecule has 0 radical (unpaired) electrons. The third kappa shape index (κ3) is 4.71. The molecule has 3 nitrogen and oxygen atoms in total. The van der Waals surface area contributed by atoms with Gasteiger partial charge in [0.25, 0.3) is 0 Å². The first-order valence-electron chi connectivity index (χ1n) is 7.94. The van der Waals surface area contributed by atoms with Crippen molar-refractivity contribution in [2.24, 2.45) is 0 Å². The number of hydrogen-bond acceptors (Lipinski definition) is 2. The molecule has 0 unspecified atom stereocenters. The molecule has 0 fully saturated rings. The van der Waals surface area contributed by atoms with Crippen LogP contribution in [0.4, 0.5) is 0 Å². The van der Waals surface area contributed by atoms with Crippen molar-refractivity contribution in [1.29, 1.82) is 0 Å². The molecule has 0 aliphatic carbocycles. The largest absolute Gasteiger partial charge is 0.342 e. The quantitative estimate of drug-likeness (QED) is 0.751. The first-order chi connectivity index (χ1) is 10.1. The number of rotatable bonds is 7. The van der Waals surface area contributed by atoms with E-state index >= 15 is 0 Å². The molecule has 114 valence electrons. The zero-order valence-electron chi connectivity index (χ0n) is 13.6. The maximum absolute atomic E-state index is 4.48. The van der Waals surface area contributed by atoms with Gasteiger partial charge < -0.3 is 10.3 Å². The van der Waals surface area contributed by atoms with E-state index in [0.717, 1.165) is 30.9 Å². The van der Waals surface area contributed by atoms with Gasteiger partial charge in [0, 0.05) is 12.5 Å². The first-order valence-corrected chi connectivity index (χ1v) is 7.94. The summed E-state index contributed by atoms with van der Waals surface area (Å²) < 4.78 is 0. The number of benzene rings is 1. The number of imidazole rings is 1. The molecule has 0 aliphatic rings. The summed E-state index contributed by atoms with van der Waals surface area (Å²) in [5, 5.41) is 3.43. The Morgan fingerprint density at radius 2 is 1.81 bits per heavy atom. The van der Waals surface area contributed by atoms with E-state index in [4.69, 9.17) is 0 Å². The molecule has 0 aliphatic heterocycles. The van der Waals surface area contributed by atoms with E-state index in [2.05, 4.69) is 67.2 Å². The summed E-state index contributed by atoms with van der Waals surface area (Å²) in [6.07, 6.45) is 4.04. The smallest absolute Gasteiger partial charge is 0.106 e. The predicted octanol–water partition coefficient (Wildman–Crippen LogP) is 4.13. The van der Waals surface area contributed by atoms with Crippen molar-refractivity contribution in [3.63, 3.8) is 0 Å². The second kappa shape index (κ2) is 7.41. The molecular formula is C18H27N3. The van der Waals surface area contributed by atoms with E-state index < -0.39 is 0 Å². The normalized spacial score (nSPS) is 11.5. The fourth-order valence-corrected chi connectivity index (χ4v) is 2.33. The van der Waals surface area contributed by atoms with Gasteiger partial charge in [0.05, 0.1) is 11.9 Å². The predicted molar refractivity (Wildman–Crippen MR) is 89.6 cm³/mol. The second-order valence-electron chi connectivity index (χ2n) is 6.23. The summed E-state index contributed by atoms with van der Waals surface area (Å²) in [7, 11) is 0. The van der Waals surface area contributed by atoms with Gasteiger partial charge in [0.1, 0.15) is 5.82 Å². The molecule has 0 atom stereocenters. The fraction of sp³-hybridized carbons (Fsp3) is 0.500. The lowest BCUT2D eigenvalue weighted by atomic mass is 10.0. The molecule has 3 heteroatoms. The molecule has 2 N–H and O–H groups in total. The standard InChI is InChI=1S/C18H27N3/c1-13(2)15-7-9-16(10-8-15)17-12-20-18(21-17)6-5-11-19-14(3)4/h7-10,12-14,19H,5-6,11H2,1-4H3,(H,20,21). The van der Waals surface area contributed by atoms with E-state index in [1.54, 1.807) is 0 Å². The summed E-state index contributed by atoms with van der Waals surface area (Å²) in [5.74, 6) is 1.65. The van der Waals surface area contributed by atoms with Crippen molar-refractivity contribution in [3.05, 3.63) is 41.9 Å². The Labute approximate surface area is 128 Å². The van der Waals surface area contributed by atoms with Crippen LogP contribution in [0.5, 0.6) is 0 Å². The summed E-state index contributed by atoms with van der Waals surface area (Å²) in [6, 6.07) is 9.30. The van der Waals surface area contributed by atoms with E-state index in [-0.39, 0.29) is 0 Å². The van der Waals surface area contributed by atoms with E-state index in [1.165, 1.54) is 11.1 Å². The molecule has 0 amide bonds. The highest BCUT2D eigenvalue weighted by molar-refractivity contribution is 5.58. The molecular weight excluding hydrogens is 258 g/mol. The van der Waals surface area contributed by atoms with Gasteiger partial charge >= 0.3 is 0 Å².